The summed E-state index contributed by atoms with van der Waals surface area (Å²) in [6.45, 7) is 0. The molecule has 1 aromatic carbocycles. The van der Waals surface area contributed by atoms with E-state index in [1.165, 1.54) is 37.6 Å². The van der Waals surface area contributed by atoms with Gasteiger partial charge in [0.1, 0.15) is 4.90 Å². The second-order valence-corrected chi connectivity index (χ2v) is 7.95. The Morgan fingerprint density at radius 2 is 1.96 bits per heavy atom. The smallest absolute Gasteiger partial charge is 0.335 e. The van der Waals surface area contributed by atoms with Gasteiger partial charge in [0.2, 0.25) is 17.7 Å². The molecule has 0 spiro atoms. The Hall–Kier alpha value is -2.92. The van der Waals surface area contributed by atoms with Crippen LogP contribution >= 0.6 is 11.6 Å². The third-order valence-corrected chi connectivity index (χ3v) is 5.54. The van der Waals surface area contributed by atoms with Crippen molar-refractivity contribution in [2.45, 2.75) is 17.7 Å². The van der Waals surface area contributed by atoms with Crippen molar-refractivity contribution in [2.24, 2.45) is 5.92 Å². The highest BCUT2D eigenvalue weighted by Crippen LogP contribution is 2.31. The predicted molar refractivity (Wildman–Crippen MR) is 101 cm³/mol. The van der Waals surface area contributed by atoms with Crippen LogP contribution in [0.3, 0.4) is 0 Å². The number of benzene rings is 1. The lowest BCUT2D eigenvalue weighted by Gasteiger charge is -2.11. The number of sulfonamides is 1. The Bertz CT molecular complexity index is 1030. The molecule has 3 rings (SSSR count). The summed E-state index contributed by atoms with van der Waals surface area (Å²) in [5, 5.41) is 4.70. The molecule has 1 fully saturated rings. The van der Waals surface area contributed by atoms with Gasteiger partial charge in [0.05, 0.1) is 12.1 Å². The molecule has 1 aliphatic rings. The second kappa shape index (κ2) is 7.98. The quantitative estimate of drug-likeness (QED) is 0.642. The molecule has 3 N–H and O–H groups in total. The van der Waals surface area contributed by atoms with Crippen LogP contribution in [0.1, 0.15) is 12.8 Å². The average molecular weight is 426 g/mol. The maximum Gasteiger partial charge on any atom is 0.335 e. The Morgan fingerprint density at radius 1 is 1.21 bits per heavy atom. The molecule has 2 aromatic rings. The average Bonchev–Trinajstić information content (AvgIpc) is 3.48. The summed E-state index contributed by atoms with van der Waals surface area (Å²) < 4.78 is 31.8. The Balaban J connectivity index is 1.73. The number of carbonyl (C=O) groups is 2. The van der Waals surface area contributed by atoms with Crippen molar-refractivity contribution in [3.8, 4) is 5.88 Å². The van der Waals surface area contributed by atoms with Crippen molar-refractivity contribution in [2.75, 3.05) is 17.7 Å². The first-order chi connectivity index (χ1) is 13.3. The molecule has 0 aliphatic heterocycles. The van der Waals surface area contributed by atoms with Gasteiger partial charge in [0.15, 0.2) is 0 Å². The SMILES string of the molecule is COc1ccnc(NC(=O)NS(=O)(=O)c2cc(NC(=O)C3CC3)ccc2Cl)n1. The van der Waals surface area contributed by atoms with Crippen molar-refractivity contribution in [1.82, 2.24) is 14.7 Å². The summed E-state index contributed by atoms with van der Waals surface area (Å²) in [6.07, 6.45) is 2.94. The molecule has 1 saturated carbocycles. The third kappa shape index (κ3) is 4.87. The molecule has 0 saturated heterocycles. The number of aromatic nitrogens is 2. The van der Waals surface area contributed by atoms with Gasteiger partial charge in [-0.3, -0.25) is 10.1 Å². The maximum absolute atomic E-state index is 12.5. The van der Waals surface area contributed by atoms with Gasteiger partial charge in [-0.05, 0) is 31.0 Å². The van der Waals surface area contributed by atoms with E-state index >= 15 is 0 Å². The fraction of sp³-hybridized carbons (Fsp3) is 0.250. The molecule has 148 valence electrons. The van der Waals surface area contributed by atoms with E-state index in [0.29, 0.717) is 0 Å². The molecule has 3 amide bonds. The van der Waals surface area contributed by atoms with Crippen LogP contribution in [-0.2, 0) is 14.8 Å². The van der Waals surface area contributed by atoms with E-state index in [4.69, 9.17) is 16.3 Å². The van der Waals surface area contributed by atoms with Gasteiger partial charge in [0.25, 0.3) is 10.0 Å². The zero-order valence-electron chi connectivity index (χ0n) is 14.6. The lowest BCUT2D eigenvalue weighted by Crippen LogP contribution is -2.35. The molecule has 1 heterocycles. The van der Waals surface area contributed by atoms with Crippen LogP contribution in [0.4, 0.5) is 16.4 Å². The fourth-order valence-corrected chi connectivity index (χ4v) is 3.63. The van der Waals surface area contributed by atoms with E-state index in [2.05, 4.69) is 20.6 Å². The van der Waals surface area contributed by atoms with Crippen molar-refractivity contribution < 1.29 is 22.7 Å². The van der Waals surface area contributed by atoms with Crippen molar-refractivity contribution in [1.29, 1.82) is 0 Å². The highest BCUT2D eigenvalue weighted by Gasteiger charge is 2.30. The number of carbonyl (C=O) groups excluding carboxylic acids is 2. The van der Waals surface area contributed by atoms with Crippen LogP contribution in [0.5, 0.6) is 5.88 Å². The maximum atomic E-state index is 12.5. The molecule has 1 aliphatic carbocycles. The topological polar surface area (TPSA) is 139 Å². The number of halogens is 1. The molecule has 0 bridgehead atoms. The van der Waals surface area contributed by atoms with Crippen molar-refractivity contribution in [3.63, 3.8) is 0 Å². The molecular formula is C16H16ClN5O5S. The second-order valence-electron chi connectivity index (χ2n) is 5.89. The van der Waals surface area contributed by atoms with E-state index in [-0.39, 0.29) is 39.3 Å². The minimum Gasteiger partial charge on any atom is -0.481 e. The fourth-order valence-electron chi connectivity index (χ4n) is 2.20. The largest absolute Gasteiger partial charge is 0.481 e. The number of nitrogens with zero attached hydrogens (tertiary/aromatic N) is 2. The molecule has 28 heavy (non-hydrogen) atoms. The van der Waals surface area contributed by atoms with Gasteiger partial charge < -0.3 is 10.1 Å². The zero-order valence-corrected chi connectivity index (χ0v) is 16.2. The molecular weight excluding hydrogens is 410 g/mol. The number of hydrogen-bond donors (Lipinski definition) is 3. The number of anilines is 2. The Labute approximate surface area is 165 Å². The van der Waals surface area contributed by atoms with Gasteiger partial charge in [0, 0.05) is 23.9 Å². The minimum absolute atomic E-state index is 0.0532. The van der Waals surface area contributed by atoms with Crippen LogP contribution in [0.2, 0.25) is 5.02 Å². The summed E-state index contributed by atoms with van der Waals surface area (Å²) in [7, 11) is -2.94. The van der Waals surface area contributed by atoms with E-state index in [9.17, 15) is 18.0 Å². The normalized spacial score (nSPS) is 13.5. The lowest BCUT2D eigenvalue weighted by atomic mass is 10.3. The highest BCUT2D eigenvalue weighted by atomic mass is 35.5. The molecule has 0 radical (unpaired) electrons. The predicted octanol–water partition coefficient (Wildman–Crippen LogP) is 2.00. The summed E-state index contributed by atoms with van der Waals surface area (Å²) in [6, 6.07) is 4.35. The molecule has 1 aromatic heterocycles. The summed E-state index contributed by atoms with van der Waals surface area (Å²) >= 11 is 5.97. The number of ether oxygens (including phenoxy) is 1. The Kier molecular flexibility index (Phi) is 5.66. The first-order valence-electron chi connectivity index (χ1n) is 8.10. The summed E-state index contributed by atoms with van der Waals surface area (Å²) in [4.78, 5) is 31.2. The minimum atomic E-state index is -4.32. The summed E-state index contributed by atoms with van der Waals surface area (Å²) in [5.41, 5.74) is 0.262. The van der Waals surface area contributed by atoms with Crippen LogP contribution in [0.15, 0.2) is 35.4 Å². The first kappa shape index (κ1) is 19.8. The number of hydrogen-bond acceptors (Lipinski definition) is 7. The molecule has 10 nitrogen and oxygen atoms in total. The number of nitrogens with one attached hydrogen (secondary N) is 3. The van der Waals surface area contributed by atoms with Crippen LogP contribution < -0.4 is 20.1 Å². The van der Waals surface area contributed by atoms with Crippen molar-refractivity contribution in [3.05, 3.63) is 35.5 Å². The van der Waals surface area contributed by atoms with Gasteiger partial charge in [-0.1, -0.05) is 11.6 Å². The molecule has 0 atom stereocenters. The molecule has 12 heteroatoms. The Morgan fingerprint density at radius 3 is 2.64 bits per heavy atom. The van der Waals surface area contributed by atoms with Crippen LogP contribution in [0, 0.1) is 5.92 Å². The third-order valence-electron chi connectivity index (χ3n) is 3.73. The van der Waals surface area contributed by atoms with Crippen molar-refractivity contribution >= 4 is 45.2 Å². The van der Waals surface area contributed by atoms with Gasteiger partial charge in [-0.15, -0.1) is 0 Å². The molecule has 0 unspecified atom stereocenters. The number of rotatable bonds is 6. The van der Waals surface area contributed by atoms with Gasteiger partial charge in [-0.25, -0.2) is 22.9 Å². The van der Waals surface area contributed by atoms with E-state index in [0.717, 1.165) is 12.8 Å². The van der Waals surface area contributed by atoms with Crippen LogP contribution in [-0.4, -0.2) is 37.4 Å². The van der Waals surface area contributed by atoms with Gasteiger partial charge in [-0.2, -0.15) is 4.98 Å². The summed E-state index contributed by atoms with van der Waals surface area (Å²) in [5.74, 6) is -0.201. The number of amides is 3. The van der Waals surface area contributed by atoms with E-state index < -0.39 is 16.1 Å². The van der Waals surface area contributed by atoms with Gasteiger partial charge >= 0.3 is 6.03 Å². The monoisotopic (exact) mass is 425 g/mol. The van der Waals surface area contributed by atoms with E-state index in [1.807, 2.05) is 4.72 Å². The van der Waals surface area contributed by atoms with Crippen LogP contribution in [0.25, 0.3) is 0 Å². The zero-order chi connectivity index (χ0) is 20.3. The number of methoxy groups -OCH3 is 1. The first-order valence-corrected chi connectivity index (χ1v) is 9.96. The number of urea groups is 1. The van der Waals surface area contributed by atoms with E-state index in [1.54, 1.807) is 0 Å². The standard InChI is InChI=1S/C16H16ClN5O5S/c1-27-13-6-7-18-15(20-13)21-16(24)22-28(25,26)12-8-10(4-5-11(12)17)19-14(23)9-2-3-9/h4-9H,2-3H2,1H3,(H,19,23)(H2,18,20,21,22,24). The lowest BCUT2D eigenvalue weighted by molar-refractivity contribution is -0.117. The highest BCUT2D eigenvalue weighted by molar-refractivity contribution is 7.90.